The van der Waals surface area contributed by atoms with Crippen molar-refractivity contribution < 1.29 is 19.1 Å². The van der Waals surface area contributed by atoms with Crippen molar-refractivity contribution in [3.63, 3.8) is 0 Å². The Morgan fingerprint density at radius 3 is 2.63 bits per heavy atom. The van der Waals surface area contributed by atoms with E-state index in [1.807, 2.05) is 12.1 Å². The lowest BCUT2D eigenvalue weighted by Gasteiger charge is -2.10. The number of para-hydroxylation sites is 1. The Bertz CT molecular complexity index is 889. The highest BCUT2D eigenvalue weighted by molar-refractivity contribution is 9.10. The molecule has 6 nitrogen and oxygen atoms in total. The molecule has 0 aliphatic heterocycles. The molecule has 0 atom stereocenters. The van der Waals surface area contributed by atoms with Crippen LogP contribution in [0, 0.1) is 11.3 Å². The van der Waals surface area contributed by atoms with Crippen LogP contribution in [-0.4, -0.2) is 25.1 Å². The smallest absolute Gasteiger partial charge is 0.344 e. The largest absolute Gasteiger partial charge is 0.481 e. The average molecular weight is 429 g/mol. The number of halogens is 1. The average Bonchev–Trinajstić information content (AvgIpc) is 2.66. The summed E-state index contributed by atoms with van der Waals surface area (Å²) in [6.07, 6.45) is 1.41. The van der Waals surface area contributed by atoms with Crippen LogP contribution in [0.3, 0.4) is 0 Å². The number of nitriles is 1. The zero-order chi connectivity index (χ0) is 19.6. The lowest BCUT2D eigenvalue weighted by Crippen LogP contribution is -2.15. The standard InChI is InChI=1S/C20H17BrN2O4/c1-2-26-19(24)13-27-18-9-8-16(21)11-14(18)10-15(12-22)20(25)23-17-6-4-3-5-7-17/h3-11H,2,13H2,1H3,(H,23,25)/b15-10+. The van der Waals surface area contributed by atoms with Crippen LogP contribution in [0.4, 0.5) is 5.69 Å². The monoisotopic (exact) mass is 428 g/mol. The molecule has 0 radical (unpaired) electrons. The van der Waals surface area contributed by atoms with Gasteiger partial charge in [0.1, 0.15) is 17.4 Å². The Balaban J connectivity index is 2.23. The summed E-state index contributed by atoms with van der Waals surface area (Å²) in [6.45, 7) is 1.69. The number of benzene rings is 2. The Morgan fingerprint density at radius 1 is 1.22 bits per heavy atom. The zero-order valence-electron chi connectivity index (χ0n) is 14.6. The molecule has 0 saturated carbocycles. The van der Waals surface area contributed by atoms with Gasteiger partial charge in [-0.25, -0.2) is 4.79 Å². The molecule has 0 aliphatic carbocycles. The van der Waals surface area contributed by atoms with E-state index in [0.29, 0.717) is 17.0 Å². The van der Waals surface area contributed by atoms with Crippen LogP contribution in [0.1, 0.15) is 12.5 Å². The van der Waals surface area contributed by atoms with E-state index in [9.17, 15) is 14.9 Å². The predicted octanol–water partition coefficient (Wildman–Crippen LogP) is 3.94. The number of amides is 1. The summed E-state index contributed by atoms with van der Waals surface area (Å²) in [5.41, 5.74) is 0.961. The first-order valence-corrected chi connectivity index (χ1v) is 8.89. The molecule has 2 rings (SSSR count). The maximum atomic E-state index is 12.4. The second-order valence-electron chi connectivity index (χ2n) is 5.27. The summed E-state index contributed by atoms with van der Waals surface area (Å²) in [5.74, 6) is -0.691. The van der Waals surface area contributed by atoms with E-state index >= 15 is 0 Å². The Labute approximate surface area is 165 Å². The van der Waals surface area contributed by atoms with Crippen LogP contribution in [0.2, 0.25) is 0 Å². The molecule has 1 amide bonds. The molecule has 0 aliphatic rings. The van der Waals surface area contributed by atoms with Gasteiger partial charge in [-0.3, -0.25) is 4.79 Å². The third-order valence-corrected chi connectivity index (χ3v) is 3.81. The maximum absolute atomic E-state index is 12.4. The van der Waals surface area contributed by atoms with E-state index in [-0.39, 0.29) is 18.8 Å². The number of carbonyl (C=O) groups excluding carboxylic acids is 2. The van der Waals surface area contributed by atoms with Gasteiger partial charge in [-0.1, -0.05) is 34.1 Å². The van der Waals surface area contributed by atoms with Gasteiger partial charge in [0, 0.05) is 15.7 Å². The van der Waals surface area contributed by atoms with E-state index < -0.39 is 11.9 Å². The van der Waals surface area contributed by atoms with Crippen LogP contribution in [0.5, 0.6) is 5.75 Å². The summed E-state index contributed by atoms with van der Waals surface area (Å²) in [7, 11) is 0. The fourth-order valence-electron chi connectivity index (χ4n) is 2.13. The number of anilines is 1. The van der Waals surface area contributed by atoms with Crippen molar-refractivity contribution in [1.82, 2.24) is 0 Å². The number of hydrogen-bond donors (Lipinski definition) is 1. The van der Waals surface area contributed by atoms with Crippen molar-refractivity contribution in [3.8, 4) is 11.8 Å². The number of esters is 1. The van der Waals surface area contributed by atoms with Gasteiger partial charge < -0.3 is 14.8 Å². The molecule has 1 N–H and O–H groups in total. The van der Waals surface area contributed by atoms with Crippen LogP contribution in [0.25, 0.3) is 6.08 Å². The van der Waals surface area contributed by atoms with E-state index in [0.717, 1.165) is 4.47 Å². The lowest BCUT2D eigenvalue weighted by atomic mass is 10.1. The fourth-order valence-corrected chi connectivity index (χ4v) is 2.51. The van der Waals surface area contributed by atoms with Crippen molar-refractivity contribution in [3.05, 3.63) is 64.1 Å². The second-order valence-corrected chi connectivity index (χ2v) is 6.18. The predicted molar refractivity (Wildman–Crippen MR) is 105 cm³/mol. The minimum atomic E-state index is -0.542. The summed E-state index contributed by atoms with van der Waals surface area (Å²) >= 11 is 3.34. The van der Waals surface area contributed by atoms with Crippen LogP contribution < -0.4 is 10.1 Å². The first kappa shape index (κ1) is 20.2. The minimum Gasteiger partial charge on any atom is -0.481 e. The van der Waals surface area contributed by atoms with Gasteiger partial charge in [0.25, 0.3) is 5.91 Å². The van der Waals surface area contributed by atoms with Gasteiger partial charge in [0.15, 0.2) is 6.61 Å². The van der Waals surface area contributed by atoms with Gasteiger partial charge in [0.05, 0.1) is 6.61 Å². The van der Waals surface area contributed by atoms with Gasteiger partial charge in [0.2, 0.25) is 0 Å². The SMILES string of the molecule is CCOC(=O)COc1ccc(Br)cc1/C=C(\C#N)C(=O)Nc1ccccc1. The highest BCUT2D eigenvalue weighted by Crippen LogP contribution is 2.26. The molecular weight excluding hydrogens is 412 g/mol. The van der Waals surface area contributed by atoms with E-state index in [4.69, 9.17) is 9.47 Å². The highest BCUT2D eigenvalue weighted by atomic mass is 79.9. The number of nitrogens with one attached hydrogen (secondary N) is 1. The van der Waals surface area contributed by atoms with Crippen molar-refractivity contribution in [2.75, 3.05) is 18.5 Å². The molecule has 0 unspecified atom stereocenters. The molecule has 0 aromatic heterocycles. The van der Waals surface area contributed by atoms with E-state index in [1.165, 1.54) is 6.08 Å². The molecule has 0 saturated heterocycles. The fraction of sp³-hybridized carbons (Fsp3) is 0.150. The van der Waals surface area contributed by atoms with Crippen molar-refractivity contribution in [1.29, 1.82) is 5.26 Å². The number of nitrogens with zero attached hydrogens (tertiary/aromatic N) is 1. The van der Waals surface area contributed by atoms with Crippen LogP contribution in [0.15, 0.2) is 58.6 Å². The second kappa shape index (κ2) is 10.1. The van der Waals surface area contributed by atoms with Gasteiger partial charge in [-0.15, -0.1) is 0 Å². The zero-order valence-corrected chi connectivity index (χ0v) is 16.2. The molecule has 0 spiro atoms. The first-order chi connectivity index (χ1) is 13.0. The van der Waals surface area contributed by atoms with Gasteiger partial charge in [-0.2, -0.15) is 5.26 Å². The Hall–Kier alpha value is -3.11. The minimum absolute atomic E-state index is 0.0991. The molecule has 7 heteroatoms. The van der Waals surface area contributed by atoms with Crippen LogP contribution >= 0.6 is 15.9 Å². The first-order valence-electron chi connectivity index (χ1n) is 8.09. The number of rotatable bonds is 7. The molecule has 27 heavy (non-hydrogen) atoms. The third-order valence-electron chi connectivity index (χ3n) is 3.32. The van der Waals surface area contributed by atoms with E-state index in [1.54, 1.807) is 49.4 Å². The summed E-state index contributed by atoms with van der Waals surface area (Å²) in [4.78, 5) is 23.9. The summed E-state index contributed by atoms with van der Waals surface area (Å²) in [5, 5.41) is 12.0. The van der Waals surface area contributed by atoms with Crippen molar-refractivity contribution in [2.24, 2.45) is 0 Å². The normalized spacial score (nSPS) is 10.6. The summed E-state index contributed by atoms with van der Waals surface area (Å²) in [6, 6.07) is 15.8. The molecule has 138 valence electrons. The number of ether oxygens (including phenoxy) is 2. The van der Waals surface area contributed by atoms with Gasteiger partial charge >= 0.3 is 5.97 Å². The number of hydrogen-bond acceptors (Lipinski definition) is 5. The Morgan fingerprint density at radius 2 is 1.96 bits per heavy atom. The molecule has 0 fully saturated rings. The summed E-state index contributed by atoms with van der Waals surface area (Å²) < 4.78 is 11.0. The van der Waals surface area contributed by atoms with Crippen LogP contribution in [-0.2, 0) is 14.3 Å². The molecular formula is C20H17BrN2O4. The third kappa shape index (κ3) is 6.28. The van der Waals surface area contributed by atoms with E-state index in [2.05, 4.69) is 21.2 Å². The quantitative estimate of drug-likeness (QED) is 0.409. The maximum Gasteiger partial charge on any atom is 0.344 e. The molecule has 2 aromatic carbocycles. The van der Waals surface area contributed by atoms with Crippen molar-refractivity contribution >= 4 is 39.6 Å². The molecule has 0 bridgehead atoms. The Kier molecular flexibility index (Phi) is 7.59. The highest BCUT2D eigenvalue weighted by Gasteiger charge is 2.13. The molecule has 0 heterocycles. The topological polar surface area (TPSA) is 88.4 Å². The van der Waals surface area contributed by atoms with Gasteiger partial charge in [-0.05, 0) is 43.3 Å². The number of carbonyl (C=O) groups is 2. The van der Waals surface area contributed by atoms with Crippen molar-refractivity contribution in [2.45, 2.75) is 6.92 Å². The molecule has 2 aromatic rings. The lowest BCUT2D eigenvalue weighted by molar-refractivity contribution is -0.145.